The van der Waals surface area contributed by atoms with Crippen LogP contribution in [0.15, 0.2) is 18.2 Å². The predicted molar refractivity (Wildman–Crippen MR) is 61.1 cm³/mol. The molecule has 1 aromatic rings. The summed E-state index contributed by atoms with van der Waals surface area (Å²) < 4.78 is 10.3. The second-order valence-corrected chi connectivity index (χ2v) is 4.03. The summed E-state index contributed by atoms with van der Waals surface area (Å²) in [6, 6.07) is 5.90. The lowest BCUT2D eigenvalue weighted by molar-refractivity contribution is 0.140. The largest absolute Gasteiger partial charge is 0.497 e. The highest BCUT2D eigenvalue weighted by Crippen LogP contribution is 2.25. The van der Waals surface area contributed by atoms with Crippen molar-refractivity contribution >= 4 is 0 Å². The Morgan fingerprint density at radius 3 is 2.47 bits per heavy atom. The predicted octanol–water partition coefficient (Wildman–Crippen LogP) is 1.82. The highest BCUT2D eigenvalue weighted by atomic mass is 16.5. The Kier molecular flexibility index (Phi) is 3.72. The number of rotatable bonds is 4. The van der Waals surface area contributed by atoms with Crippen molar-refractivity contribution in [2.45, 2.75) is 19.4 Å². The number of benzene rings is 1. The van der Waals surface area contributed by atoms with E-state index in [0.29, 0.717) is 6.61 Å². The fraction of sp³-hybridized carbons (Fsp3) is 0.500. The van der Waals surface area contributed by atoms with Gasteiger partial charge in [-0.25, -0.2) is 0 Å². The van der Waals surface area contributed by atoms with Crippen LogP contribution < -0.4 is 10.5 Å². The molecule has 1 atom stereocenters. The van der Waals surface area contributed by atoms with Crippen molar-refractivity contribution in [2.24, 2.45) is 5.73 Å². The molecule has 15 heavy (non-hydrogen) atoms. The van der Waals surface area contributed by atoms with Gasteiger partial charge in [-0.15, -0.1) is 0 Å². The van der Waals surface area contributed by atoms with Gasteiger partial charge in [-0.05, 0) is 37.1 Å². The number of nitrogens with two attached hydrogens (primary N) is 1. The summed E-state index contributed by atoms with van der Waals surface area (Å²) in [7, 11) is 3.31. The minimum absolute atomic E-state index is 0.453. The van der Waals surface area contributed by atoms with E-state index in [1.54, 1.807) is 14.2 Å². The number of ether oxygens (including phenoxy) is 2. The van der Waals surface area contributed by atoms with Gasteiger partial charge < -0.3 is 15.2 Å². The first-order valence-electron chi connectivity index (χ1n) is 4.94. The first kappa shape index (κ1) is 12.0. The minimum Gasteiger partial charge on any atom is -0.497 e. The standard InChI is InChI=1S/C12H19NO2/c1-9-7-10(15-4)5-6-11(9)12(2,13)8-14-3/h5-7H,8,13H2,1-4H3. The fourth-order valence-corrected chi connectivity index (χ4v) is 1.78. The Hall–Kier alpha value is -1.06. The van der Waals surface area contributed by atoms with Gasteiger partial charge in [0.2, 0.25) is 0 Å². The molecule has 0 saturated carbocycles. The molecule has 2 N–H and O–H groups in total. The van der Waals surface area contributed by atoms with Gasteiger partial charge in [-0.3, -0.25) is 0 Å². The van der Waals surface area contributed by atoms with E-state index in [9.17, 15) is 0 Å². The van der Waals surface area contributed by atoms with Crippen LogP contribution in [0.25, 0.3) is 0 Å². The smallest absolute Gasteiger partial charge is 0.119 e. The van der Waals surface area contributed by atoms with Gasteiger partial charge in [0.15, 0.2) is 0 Å². The van der Waals surface area contributed by atoms with Crippen LogP contribution in [0.5, 0.6) is 5.75 Å². The summed E-state index contributed by atoms with van der Waals surface area (Å²) >= 11 is 0. The number of methoxy groups -OCH3 is 2. The lowest BCUT2D eigenvalue weighted by atomic mass is 9.90. The van der Waals surface area contributed by atoms with E-state index in [2.05, 4.69) is 0 Å². The molecule has 0 fully saturated rings. The molecule has 0 aliphatic rings. The summed E-state index contributed by atoms with van der Waals surface area (Å²) in [5.41, 5.74) is 7.93. The summed E-state index contributed by atoms with van der Waals surface area (Å²) in [5.74, 6) is 0.851. The summed E-state index contributed by atoms with van der Waals surface area (Å²) in [6.45, 7) is 4.49. The Labute approximate surface area is 91.2 Å². The van der Waals surface area contributed by atoms with Crippen LogP contribution in [0.3, 0.4) is 0 Å². The van der Waals surface area contributed by atoms with Crippen LogP contribution in [0.2, 0.25) is 0 Å². The maximum atomic E-state index is 6.18. The summed E-state index contributed by atoms with van der Waals surface area (Å²) in [6.07, 6.45) is 0. The molecular formula is C12H19NO2. The molecular weight excluding hydrogens is 190 g/mol. The molecule has 0 aliphatic heterocycles. The molecule has 84 valence electrons. The molecule has 3 heteroatoms. The average molecular weight is 209 g/mol. The molecule has 1 aromatic carbocycles. The molecule has 3 nitrogen and oxygen atoms in total. The van der Waals surface area contributed by atoms with Crippen LogP contribution in [0.1, 0.15) is 18.1 Å². The van der Waals surface area contributed by atoms with Crippen molar-refractivity contribution in [2.75, 3.05) is 20.8 Å². The molecule has 0 aromatic heterocycles. The zero-order valence-corrected chi connectivity index (χ0v) is 9.83. The first-order valence-corrected chi connectivity index (χ1v) is 4.94. The molecule has 0 spiro atoms. The van der Waals surface area contributed by atoms with Crippen molar-refractivity contribution in [1.29, 1.82) is 0 Å². The SMILES string of the molecule is COCC(C)(N)c1ccc(OC)cc1C. The fourth-order valence-electron chi connectivity index (χ4n) is 1.78. The normalized spacial score (nSPS) is 14.7. The number of hydrogen-bond acceptors (Lipinski definition) is 3. The van der Waals surface area contributed by atoms with E-state index in [1.807, 2.05) is 32.0 Å². The second kappa shape index (κ2) is 4.64. The molecule has 1 rings (SSSR count). The maximum absolute atomic E-state index is 6.18. The highest BCUT2D eigenvalue weighted by molar-refractivity contribution is 5.38. The van der Waals surface area contributed by atoms with Crippen LogP contribution in [-0.2, 0) is 10.3 Å². The van der Waals surface area contributed by atoms with Gasteiger partial charge in [0.05, 0.1) is 19.3 Å². The minimum atomic E-state index is -0.453. The third-order valence-electron chi connectivity index (χ3n) is 2.49. The lowest BCUT2D eigenvalue weighted by Crippen LogP contribution is -2.38. The molecule has 0 aliphatic carbocycles. The van der Waals surface area contributed by atoms with E-state index in [-0.39, 0.29) is 0 Å². The van der Waals surface area contributed by atoms with Crippen LogP contribution in [-0.4, -0.2) is 20.8 Å². The number of aryl methyl sites for hydroxylation is 1. The van der Waals surface area contributed by atoms with E-state index in [1.165, 1.54) is 0 Å². The van der Waals surface area contributed by atoms with Gasteiger partial charge in [-0.2, -0.15) is 0 Å². The summed E-state index contributed by atoms with van der Waals surface area (Å²) in [5, 5.41) is 0. The Morgan fingerprint density at radius 1 is 1.33 bits per heavy atom. The zero-order valence-electron chi connectivity index (χ0n) is 9.83. The van der Waals surface area contributed by atoms with E-state index < -0.39 is 5.54 Å². The van der Waals surface area contributed by atoms with Crippen molar-refractivity contribution in [3.05, 3.63) is 29.3 Å². The van der Waals surface area contributed by atoms with Gasteiger partial charge in [0, 0.05) is 7.11 Å². The first-order chi connectivity index (χ1) is 7.01. The van der Waals surface area contributed by atoms with Crippen LogP contribution >= 0.6 is 0 Å². The van der Waals surface area contributed by atoms with Crippen LogP contribution in [0.4, 0.5) is 0 Å². The van der Waals surface area contributed by atoms with E-state index >= 15 is 0 Å². The van der Waals surface area contributed by atoms with Crippen molar-refractivity contribution in [3.63, 3.8) is 0 Å². The Morgan fingerprint density at radius 2 is 2.00 bits per heavy atom. The molecule has 0 saturated heterocycles. The average Bonchev–Trinajstić information content (AvgIpc) is 2.17. The van der Waals surface area contributed by atoms with E-state index in [4.69, 9.17) is 15.2 Å². The third-order valence-corrected chi connectivity index (χ3v) is 2.49. The summed E-state index contributed by atoms with van der Waals surface area (Å²) in [4.78, 5) is 0. The third kappa shape index (κ3) is 2.70. The van der Waals surface area contributed by atoms with Gasteiger partial charge >= 0.3 is 0 Å². The van der Waals surface area contributed by atoms with Gasteiger partial charge in [-0.1, -0.05) is 6.07 Å². The van der Waals surface area contributed by atoms with Crippen molar-refractivity contribution in [3.8, 4) is 5.75 Å². The molecule has 0 amide bonds. The Bertz CT molecular complexity index is 334. The Balaban J connectivity index is 3.04. The topological polar surface area (TPSA) is 44.5 Å². The van der Waals surface area contributed by atoms with Crippen molar-refractivity contribution < 1.29 is 9.47 Å². The monoisotopic (exact) mass is 209 g/mol. The molecule has 1 unspecified atom stereocenters. The van der Waals surface area contributed by atoms with Crippen LogP contribution in [0, 0.1) is 6.92 Å². The van der Waals surface area contributed by atoms with Crippen molar-refractivity contribution in [1.82, 2.24) is 0 Å². The second-order valence-electron chi connectivity index (χ2n) is 4.03. The zero-order chi connectivity index (χ0) is 11.5. The highest BCUT2D eigenvalue weighted by Gasteiger charge is 2.22. The molecule has 0 heterocycles. The molecule has 0 bridgehead atoms. The van der Waals surface area contributed by atoms with Gasteiger partial charge in [0.1, 0.15) is 5.75 Å². The van der Waals surface area contributed by atoms with Gasteiger partial charge in [0.25, 0.3) is 0 Å². The maximum Gasteiger partial charge on any atom is 0.119 e. The quantitative estimate of drug-likeness (QED) is 0.822. The number of hydrogen-bond donors (Lipinski definition) is 1. The van der Waals surface area contributed by atoms with E-state index in [0.717, 1.165) is 16.9 Å². The molecule has 0 radical (unpaired) electrons. The lowest BCUT2D eigenvalue weighted by Gasteiger charge is -2.26.